The summed E-state index contributed by atoms with van der Waals surface area (Å²) in [5, 5.41) is 7.67. The van der Waals surface area contributed by atoms with Crippen LogP contribution in [0, 0.1) is 6.92 Å². The molecule has 0 aliphatic heterocycles. The van der Waals surface area contributed by atoms with Crippen LogP contribution < -0.4 is 0 Å². The lowest BCUT2D eigenvalue weighted by atomic mass is 10.0. The largest absolute Gasteiger partial charge is 0.334 e. The van der Waals surface area contributed by atoms with Gasteiger partial charge in [0.2, 0.25) is 0 Å². The van der Waals surface area contributed by atoms with Gasteiger partial charge in [0.1, 0.15) is 0 Å². The second kappa shape index (κ2) is 7.66. The van der Waals surface area contributed by atoms with E-state index < -0.39 is 0 Å². The molecule has 0 spiro atoms. The van der Waals surface area contributed by atoms with Crippen molar-refractivity contribution in [2.45, 2.75) is 66.5 Å². The molecule has 0 aliphatic carbocycles. The Morgan fingerprint density at radius 3 is 2.57 bits per heavy atom. The number of hydrogen-bond acceptors (Lipinski definition) is 4. The van der Waals surface area contributed by atoms with Crippen molar-refractivity contribution in [2.75, 3.05) is 6.54 Å². The van der Waals surface area contributed by atoms with Gasteiger partial charge in [0.25, 0.3) is 5.91 Å². The monoisotopic (exact) mass is 398 g/mol. The molecule has 1 amide bonds. The fourth-order valence-electron chi connectivity index (χ4n) is 3.33. The topological polar surface area (TPSA) is 51.0 Å². The summed E-state index contributed by atoms with van der Waals surface area (Å²) in [6, 6.07) is 6.07. The molecule has 0 bridgehead atoms. The molecule has 3 aromatic rings. The SMILES string of the molecule is CCN(Cc1cccs1)C(=O)c1cc(C(C)C)nc2c1c(C)nn2C(C)(C)C. The van der Waals surface area contributed by atoms with Gasteiger partial charge in [-0.05, 0) is 58.0 Å². The first kappa shape index (κ1) is 20.5. The molecule has 0 saturated carbocycles. The van der Waals surface area contributed by atoms with Crippen LogP contribution in [0.25, 0.3) is 11.0 Å². The number of carbonyl (C=O) groups is 1. The summed E-state index contributed by atoms with van der Waals surface area (Å²) in [6.07, 6.45) is 0. The van der Waals surface area contributed by atoms with Crippen molar-refractivity contribution in [1.29, 1.82) is 0 Å². The standard InChI is InChI=1S/C22H30N4OS/c1-8-25(13-16-10-9-11-28-16)21(27)17-12-18(14(2)3)23-20-19(17)15(4)24-26(20)22(5,6)7/h9-12,14H,8,13H2,1-7H3. The van der Waals surface area contributed by atoms with Crippen molar-refractivity contribution >= 4 is 28.3 Å². The summed E-state index contributed by atoms with van der Waals surface area (Å²) in [5.74, 6) is 0.272. The Balaban J connectivity index is 2.18. The maximum absolute atomic E-state index is 13.6. The maximum Gasteiger partial charge on any atom is 0.255 e. The summed E-state index contributed by atoms with van der Waals surface area (Å²) >= 11 is 1.68. The Bertz CT molecular complexity index is 980. The molecule has 0 aliphatic rings. The molecule has 0 aromatic carbocycles. The number of thiophene rings is 1. The number of aryl methyl sites for hydroxylation is 1. The number of nitrogens with zero attached hydrogens (tertiary/aromatic N) is 4. The summed E-state index contributed by atoms with van der Waals surface area (Å²) in [7, 11) is 0. The summed E-state index contributed by atoms with van der Waals surface area (Å²) in [4.78, 5) is 21.6. The number of hydrogen-bond donors (Lipinski definition) is 0. The highest BCUT2D eigenvalue weighted by Gasteiger charge is 2.27. The van der Waals surface area contributed by atoms with E-state index in [1.807, 2.05) is 40.9 Å². The Kier molecular flexibility index (Phi) is 5.62. The van der Waals surface area contributed by atoms with E-state index in [0.29, 0.717) is 18.7 Å². The first-order chi connectivity index (χ1) is 13.1. The molecule has 3 aromatic heterocycles. The zero-order chi connectivity index (χ0) is 20.6. The van der Waals surface area contributed by atoms with Crippen LogP contribution >= 0.6 is 11.3 Å². The van der Waals surface area contributed by atoms with Gasteiger partial charge in [-0.25, -0.2) is 9.67 Å². The highest BCUT2D eigenvalue weighted by molar-refractivity contribution is 7.09. The summed E-state index contributed by atoms with van der Waals surface area (Å²) in [6.45, 7) is 15.8. The van der Waals surface area contributed by atoms with Crippen molar-refractivity contribution in [3.05, 3.63) is 45.4 Å². The molecule has 3 heterocycles. The van der Waals surface area contributed by atoms with E-state index in [1.54, 1.807) is 11.3 Å². The number of amides is 1. The Labute approximate surface area is 171 Å². The summed E-state index contributed by atoms with van der Waals surface area (Å²) < 4.78 is 1.95. The lowest BCUT2D eigenvalue weighted by molar-refractivity contribution is 0.0756. The Hall–Kier alpha value is -2.21. The van der Waals surface area contributed by atoms with Crippen LogP contribution in [0.15, 0.2) is 23.6 Å². The molecule has 0 radical (unpaired) electrons. The number of rotatable bonds is 5. The predicted octanol–water partition coefficient (Wildman–Crippen LogP) is 5.34. The molecule has 3 rings (SSSR count). The van der Waals surface area contributed by atoms with E-state index in [0.717, 1.165) is 22.4 Å². The van der Waals surface area contributed by atoms with Gasteiger partial charge in [-0.15, -0.1) is 11.3 Å². The van der Waals surface area contributed by atoms with Gasteiger partial charge >= 0.3 is 0 Å². The molecular formula is C22H30N4OS. The quantitative estimate of drug-likeness (QED) is 0.583. The minimum absolute atomic E-state index is 0.0433. The lowest BCUT2D eigenvalue weighted by Gasteiger charge is -2.23. The highest BCUT2D eigenvalue weighted by atomic mass is 32.1. The van der Waals surface area contributed by atoms with Crippen molar-refractivity contribution in [3.8, 4) is 0 Å². The van der Waals surface area contributed by atoms with E-state index in [2.05, 4.69) is 40.7 Å². The molecule has 5 nitrogen and oxygen atoms in total. The Morgan fingerprint density at radius 2 is 2.04 bits per heavy atom. The number of fused-ring (bicyclic) bond motifs is 1. The number of carbonyl (C=O) groups excluding carboxylic acids is 1. The molecule has 0 unspecified atom stereocenters. The van der Waals surface area contributed by atoms with Gasteiger partial charge < -0.3 is 4.90 Å². The molecule has 6 heteroatoms. The lowest BCUT2D eigenvalue weighted by Crippen LogP contribution is -2.30. The van der Waals surface area contributed by atoms with E-state index >= 15 is 0 Å². The molecule has 150 valence electrons. The van der Waals surface area contributed by atoms with Crippen molar-refractivity contribution in [1.82, 2.24) is 19.7 Å². The summed E-state index contributed by atoms with van der Waals surface area (Å²) in [5.41, 5.74) is 3.07. The molecular weight excluding hydrogens is 368 g/mol. The minimum Gasteiger partial charge on any atom is -0.334 e. The van der Waals surface area contributed by atoms with Gasteiger partial charge in [0, 0.05) is 17.1 Å². The first-order valence-corrected chi connectivity index (χ1v) is 10.7. The van der Waals surface area contributed by atoms with E-state index in [1.165, 1.54) is 4.88 Å². The molecule has 0 atom stereocenters. The zero-order valence-corrected chi connectivity index (χ0v) is 18.7. The van der Waals surface area contributed by atoms with Gasteiger partial charge in [0.05, 0.1) is 28.7 Å². The van der Waals surface area contributed by atoms with Crippen molar-refractivity contribution in [3.63, 3.8) is 0 Å². The normalized spacial score (nSPS) is 12.1. The van der Waals surface area contributed by atoms with Crippen LogP contribution in [0.5, 0.6) is 0 Å². The van der Waals surface area contributed by atoms with Crippen LogP contribution in [0.1, 0.15) is 74.1 Å². The van der Waals surface area contributed by atoms with Crippen molar-refractivity contribution in [2.24, 2.45) is 0 Å². The maximum atomic E-state index is 13.6. The van der Waals surface area contributed by atoms with Gasteiger partial charge in [-0.1, -0.05) is 19.9 Å². The van der Waals surface area contributed by atoms with Gasteiger partial charge in [0.15, 0.2) is 5.65 Å². The highest BCUT2D eigenvalue weighted by Crippen LogP contribution is 2.30. The fraction of sp³-hybridized carbons (Fsp3) is 0.500. The van der Waals surface area contributed by atoms with Crippen LogP contribution in [-0.2, 0) is 12.1 Å². The van der Waals surface area contributed by atoms with Gasteiger partial charge in [-0.2, -0.15) is 5.10 Å². The number of aromatic nitrogens is 3. The third-order valence-corrected chi connectivity index (χ3v) is 5.75. The third-order valence-electron chi connectivity index (χ3n) is 4.89. The third kappa shape index (κ3) is 3.83. The first-order valence-electron chi connectivity index (χ1n) is 9.85. The zero-order valence-electron chi connectivity index (χ0n) is 17.9. The molecule has 0 saturated heterocycles. The average Bonchev–Trinajstić information content (AvgIpc) is 3.25. The molecule has 0 N–H and O–H groups in total. The van der Waals surface area contributed by atoms with E-state index in [4.69, 9.17) is 10.1 Å². The Morgan fingerprint density at radius 1 is 1.32 bits per heavy atom. The second-order valence-corrected chi connectivity index (χ2v) is 9.55. The van der Waals surface area contributed by atoms with E-state index in [9.17, 15) is 4.79 Å². The van der Waals surface area contributed by atoms with Crippen LogP contribution in [0.4, 0.5) is 0 Å². The van der Waals surface area contributed by atoms with Crippen LogP contribution in [-0.4, -0.2) is 32.1 Å². The van der Waals surface area contributed by atoms with E-state index in [-0.39, 0.29) is 17.4 Å². The second-order valence-electron chi connectivity index (χ2n) is 8.51. The smallest absolute Gasteiger partial charge is 0.255 e. The predicted molar refractivity (Wildman–Crippen MR) is 116 cm³/mol. The number of pyridine rings is 1. The fourth-order valence-corrected chi connectivity index (χ4v) is 4.05. The van der Waals surface area contributed by atoms with Gasteiger partial charge in [-0.3, -0.25) is 4.79 Å². The average molecular weight is 399 g/mol. The van der Waals surface area contributed by atoms with Crippen molar-refractivity contribution < 1.29 is 4.79 Å². The molecule has 28 heavy (non-hydrogen) atoms. The van der Waals surface area contributed by atoms with Crippen LogP contribution in [0.3, 0.4) is 0 Å². The van der Waals surface area contributed by atoms with Crippen LogP contribution in [0.2, 0.25) is 0 Å². The molecule has 0 fully saturated rings. The minimum atomic E-state index is -0.211.